The molecule has 1 unspecified atom stereocenters. The maximum absolute atomic E-state index is 10.6. The van der Waals surface area contributed by atoms with Crippen LogP contribution in [-0.4, -0.2) is 12.6 Å². The third kappa shape index (κ3) is 3.36. The van der Waals surface area contributed by atoms with Crippen LogP contribution in [0, 0.1) is 5.92 Å². The number of hydrogen-bond donors (Lipinski definition) is 0. The summed E-state index contributed by atoms with van der Waals surface area (Å²) in [5.74, 6) is 0.270. The number of carbonyl (C=O) groups excluding carboxylic acids is 1. The van der Waals surface area contributed by atoms with Crippen molar-refractivity contribution in [1.29, 1.82) is 0 Å². The average molecular weight is 194 g/mol. The van der Waals surface area contributed by atoms with Crippen LogP contribution in [-0.2, 0) is 9.53 Å². The Morgan fingerprint density at radius 2 is 2.43 bits per heavy atom. The van der Waals surface area contributed by atoms with Crippen molar-refractivity contribution in [2.75, 3.05) is 6.61 Å². The summed E-state index contributed by atoms with van der Waals surface area (Å²) < 4.78 is 4.92. The van der Waals surface area contributed by atoms with Gasteiger partial charge in [0.05, 0.1) is 0 Å². The number of hydrogen-bond acceptors (Lipinski definition) is 2. The molecule has 0 spiro atoms. The van der Waals surface area contributed by atoms with Gasteiger partial charge in [0.15, 0.2) is 0 Å². The lowest BCUT2D eigenvalue weighted by molar-refractivity contribution is -0.140. The molecule has 2 heteroatoms. The van der Waals surface area contributed by atoms with Crippen LogP contribution >= 0.6 is 0 Å². The lowest BCUT2D eigenvalue weighted by atomic mass is 9.86. The van der Waals surface area contributed by atoms with Crippen molar-refractivity contribution in [3.8, 4) is 0 Å². The highest BCUT2D eigenvalue weighted by Gasteiger charge is 2.15. The Kier molecular flexibility index (Phi) is 3.93. The van der Waals surface area contributed by atoms with Gasteiger partial charge in [-0.15, -0.1) is 0 Å². The monoisotopic (exact) mass is 194 g/mol. The Balaban J connectivity index is 2.35. The molecule has 0 saturated carbocycles. The van der Waals surface area contributed by atoms with Crippen LogP contribution in [0.5, 0.6) is 0 Å². The van der Waals surface area contributed by atoms with E-state index in [1.165, 1.54) is 12.5 Å². The molecule has 14 heavy (non-hydrogen) atoms. The molecule has 0 heterocycles. The maximum atomic E-state index is 10.6. The van der Waals surface area contributed by atoms with Gasteiger partial charge in [-0.1, -0.05) is 18.2 Å². The number of esters is 1. The Bertz CT molecular complexity index is 263. The van der Waals surface area contributed by atoms with Crippen LogP contribution in [0.25, 0.3) is 0 Å². The van der Waals surface area contributed by atoms with Crippen LogP contribution in [0.1, 0.15) is 33.1 Å². The van der Waals surface area contributed by atoms with Gasteiger partial charge in [0.2, 0.25) is 0 Å². The van der Waals surface area contributed by atoms with Crippen LogP contribution < -0.4 is 0 Å². The molecule has 0 saturated heterocycles. The average Bonchev–Trinajstić information content (AvgIpc) is 2.15. The quantitative estimate of drug-likeness (QED) is 0.510. The molecule has 2 nitrogen and oxygen atoms in total. The summed E-state index contributed by atoms with van der Waals surface area (Å²) >= 11 is 0. The molecule has 0 aliphatic heterocycles. The molecule has 0 N–H and O–H groups in total. The minimum Gasteiger partial charge on any atom is -0.461 e. The summed E-state index contributed by atoms with van der Waals surface area (Å²) in [5.41, 5.74) is 2.51. The van der Waals surface area contributed by atoms with Crippen LogP contribution in [0.3, 0.4) is 0 Å². The second kappa shape index (κ2) is 4.99. The summed E-state index contributed by atoms with van der Waals surface area (Å²) in [4.78, 5) is 10.6. The molecule has 0 radical (unpaired) electrons. The molecule has 1 atom stereocenters. The molecule has 78 valence electrons. The van der Waals surface area contributed by atoms with E-state index in [0.717, 1.165) is 24.8 Å². The van der Waals surface area contributed by atoms with E-state index in [-0.39, 0.29) is 5.97 Å². The summed E-state index contributed by atoms with van der Waals surface area (Å²) in [7, 11) is 0. The van der Waals surface area contributed by atoms with Crippen molar-refractivity contribution < 1.29 is 9.53 Å². The maximum Gasteiger partial charge on any atom is 0.302 e. The fourth-order valence-corrected chi connectivity index (χ4v) is 1.65. The lowest BCUT2D eigenvalue weighted by Gasteiger charge is -2.22. The number of rotatable bonds is 3. The van der Waals surface area contributed by atoms with E-state index in [2.05, 4.69) is 19.6 Å². The van der Waals surface area contributed by atoms with Crippen LogP contribution in [0.15, 0.2) is 23.8 Å². The molecule has 1 aliphatic carbocycles. The third-order valence-corrected chi connectivity index (χ3v) is 2.68. The fourth-order valence-electron chi connectivity index (χ4n) is 1.65. The van der Waals surface area contributed by atoms with Gasteiger partial charge in [-0.25, -0.2) is 0 Å². The van der Waals surface area contributed by atoms with Gasteiger partial charge < -0.3 is 4.74 Å². The zero-order valence-electron chi connectivity index (χ0n) is 9.01. The van der Waals surface area contributed by atoms with E-state index in [1.807, 2.05) is 0 Å². The smallest absolute Gasteiger partial charge is 0.302 e. The van der Waals surface area contributed by atoms with Gasteiger partial charge in [0.25, 0.3) is 0 Å². The fraction of sp³-hybridized carbons (Fsp3) is 0.583. The minimum absolute atomic E-state index is 0.228. The van der Waals surface area contributed by atoms with Gasteiger partial charge in [0, 0.05) is 6.92 Å². The molecule has 0 aromatic carbocycles. The molecule has 1 aliphatic rings. The largest absolute Gasteiger partial charge is 0.461 e. The standard InChI is InChI=1S/C12H18O2/c1-9-4-6-12(7-5-9)10(2)8-14-11(3)13/h4,12H,2,5-8H2,1,3H3. The van der Waals surface area contributed by atoms with Crippen molar-refractivity contribution in [1.82, 2.24) is 0 Å². The van der Waals surface area contributed by atoms with E-state index in [9.17, 15) is 4.79 Å². The zero-order valence-corrected chi connectivity index (χ0v) is 9.01. The van der Waals surface area contributed by atoms with Crippen molar-refractivity contribution in [3.63, 3.8) is 0 Å². The molecule has 0 amide bonds. The zero-order chi connectivity index (χ0) is 10.6. The van der Waals surface area contributed by atoms with Gasteiger partial charge in [0.1, 0.15) is 6.61 Å². The van der Waals surface area contributed by atoms with E-state index in [0.29, 0.717) is 12.5 Å². The third-order valence-electron chi connectivity index (χ3n) is 2.68. The first-order chi connectivity index (χ1) is 6.59. The summed E-state index contributed by atoms with van der Waals surface area (Å²) in [5, 5.41) is 0. The normalized spacial score (nSPS) is 21.3. The van der Waals surface area contributed by atoms with Gasteiger partial charge >= 0.3 is 5.97 Å². The number of ether oxygens (including phenoxy) is 1. The molecule has 0 aromatic rings. The summed E-state index contributed by atoms with van der Waals surface area (Å²) in [6.07, 6.45) is 5.59. The minimum atomic E-state index is -0.228. The predicted octanol–water partition coefficient (Wildman–Crippen LogP) is 2.85. The van der Waals surface area contributed by atoms with Gasteiger partial charge in [-0.2, -0.15) is 0 Å². The number of allylic oxidation sites excluding steroid dienone is 2. The lowest BCUT2D eigenvalue weighted by Crippen LogP contribution is -2.13. The Labute approximate surface area is 85.6 Å². The van der Waals surface area contributed by atoms with Crippen LogP contribution in [0.4, 0.5) is 0 Å². The molecular formula is C12H18O2. The van der Waals surface area contributed by atoms with Crippen molar-refractivity contribution >= 4 is 5.97 Å². The molecule has 0 bridgehead atoms. The second-order valence-corrected chi connectivity index (χ2v) is 3.96. The van der Waals surface area contributed by atoms with Crippen molar-refractivity contribution in [2.24, 2.45) is 5.92 Å². The Hall–Kier alpha value is -1.05. The highest BCUT2D eigenvalue weighted by Crippen LogP contribution is 2.28. The van der Waals surface area contributed by atoms with Crippen molar-refractivity contribution in [2.45, 2.75) is 33.1 Å². The van der Waals surface area contributed by atoms with Gasteiger partial charge in [-0.3, -0.25) is 4.79 Å². The van der Waals surface area contributed by atoms with Crippen LogP contribution in [0.2, 0.25) is 0 Å². The topological polar surface area (TPSA) is 26.3 Å². The SMILES string of the molecule is C=C(COC(C)=O)C1CC=C(C)CC1. The molecular weight excluding hydrogens is 176 g/mol. The molecule has 1 rings (SSSR count). The Morgan fingerprint density at radius 3 is 2.93 bits per heavy atom. The second-order valence-electron chi connectivity index (χ2n) is 3.96. The highest BCUT2D eigenvalue weighted by atomic mass is 16.5. The van der Waals surface area contributed by atoms with E-state index in [1.54, 1.807) is 0 Å². The van der Waals surface area contributed by atoms with Gasteiger partial charge in [-0.05, 0) is 37.7 Å². The van der Waals surface area contributed by atoms with E-state index < -0.39 is 0 Å². The first kappa shape index (κ1) is 11.0. The summed E-state index contributed by atoms with van der Waals surface area (Å²) in [6.45, 7) is 7.94. The van der Waals surface area contributed by atoms with E-state index >= 15 is 0 Å². The molecule has 0 aromatic heterocycles. The van der Waals surface area contributed by atoms with E-state index in [4.69, 9.17) is 4.74 Å². The molecule has 0 fully saturated rings. The summed E-state index contributed by atoms with van der Waals surface area (Å²) in [6, 6.07) is 0. The predicted molar refractivity (Wildman–Crippen MR) is 56.9 cm³/mol. The highest BCUT2D eigenvalue weighted by molar-refractivity contribution is 5.66. The first-order valence-corrected chi connectivity index (χ1v) is 5.06. The number of carbonyl (C=O) groups is 1. The first-order valence-electron chi connectivity index (χ1n) is 5.06. The Morgan fingerprint density at radius 1 is 1.71 bits per heavy atom. The van der Waals surface area contributed by atoms with Crippen molar-refractivity contribution in [3.05, 3.63) is 23.8 Å².